The molecule has 2 fully saturated rings. The zero-order valence-electron chi connectivity index (χ0n) is 15.8. The van der Waals surface area contributed by atoms with E-state index in [0.29, 0.717) is 38.5 Å². The predicted octanol–water partition coefficient (Wildman–Crippen LogP) is 1.27. The molecule has 2 aliphatic heterocycles. The van der Waals surface area contributed by atoms with E-state index in [1.807, 2.05) is 0 Å². The molecule has 2 rings (SSSR count). The van der Waals surface area contributed by atoms with Gasteiger partial charge < -0.3 is 15.4 Å². The molecule has 154 valence electrons. The van der Waals surface area contributed by atoms with E-state index in [1.165, 1.54) is 5.01 Å². The van der Waals surface area contributed by atoms with Crippen molar-refractivity contribution in [3.8, 4) is 0 Å². The lowest BCUT2D eigenvalue weighted by Crippen LogP contribution is -2.60. The van der Waals surface area contributed by atoms with Crippen molar-refractivity contribution < 1.29 is 28.6 Å². The molecule has 2 amide bonds. The van der Waals surface area contributed by atoms with Gasteiger partial charge in [0.25, 0.3) is 0 Å². The Morgan fingerprint density at radius 2 is 2.07 bits per heavy atom. The number of carbonyl (C=O) groups excluding carboxylic acids is 2. The van der Waals surface area contributed by atoms with Crippen LogP contribution in [0, 0.1) is 5.92 Å². The molecule has 2 aliphatic rings. The first-order chi connectivity index (χ1) is 12.8. The molecule has 10 heteroatoms. The molecule has 0 aromatic carbocycles. The fraction of sp³-hybridized carbons (Fsp3) is 0.824. The van der Waals surface area contributed by atoms with Crippen molar-refractivity contribution in [1.82, 2.24) is 10.0 Å². The maximum absolute atomic E-state index is 13.2. The summed E-state index contributed by atoms with van der Waals surface area (Å²) in [6.45, 7) is 2.85. The topological polar surface area (TPSA) is 130 Å². The molecule has 27 heavy (non-hydrogen) atoms. The van der Waals surface area contributed by atoms with E-state index in [0.717, 1.165) is 11.4 Å². The summed E-state index contributed by atoms with van der Waals surface area (Å²) in [7, 11) is -3.06. The van der Waals surface area contributed by atoms with E-state index >= 15 is 0 Å². The second-order valence-electron chi connectivity index (χ2n) is 7.07. The zero-order valence-corrected chi connectivity index (χ0v) is 16.7. The third kappa shape index (κ3) is 5.30. The molecule has 1 unspecified atom stereocenters. The van der Waals surface area contributed by atoms with Crippen LogP contribution in [0.5, 0.6) is 0 Å². The number of carbonyl (C=O) groups is 3. The Kier molecular flexibility index (Phi) is 7.82. The smallest absolute Gasteiger partial charge is 0.328 e. The molecule has 3 N–H and O–H groups in total. The van der Waals surface area contributed by atoms with Crippen LogP contribution in [-0.4, -0.2) is 71.0 Å². The van der Waals surface area contributed by atoms with Gasteiger partial charge in [0.1, 0.15) is 0 Å². The van der Waals surface area contributed by atoms with Gasteiger partial charge in [-0.15, -0.1) is 0 Å². The molecule has 0 aromatic rings. The van der Waals surface area contributed by atoms with E-state index in [2.05, 4.69) is 0 Å². The third-order valence-electron chi connectivity index (χ3n) is 5.07. The molecule has 3 atom stereocenters. The Hall–Kier alpha value is -1.44. The first-order valence-electron chi connectivity index (χ1n) is 9.61. The van der Waals surface area contributed by atoms with Crippen LogP contribution >= 0.6 is 7.37 Å². The van der Waals surface area contributed by atoms with Gasteiger partial charge in [-0.25, -0.2) is 9.80 Å². The molecule has 0 radical (unpaired) electrons. The van der Waals surface area contributed by atoms with Gasteiger partial charge in [-0.3, -0.25) is 19.2 Å². The summed E-state index contributed by atoms with van der Waals surface area (Å²) in [5.74, 6) is -2.51. The zero-order chi connectivity index (χ0) is 20.0. The maximum Gasteiger partial charge on any atom is 0.328 e. The fourth-order valence-electron chi connectivity index (χ4n) is 3.76. The fourth-order valence-corrected chi connectivity index (χ4v) is 6.36. The number of carboxylic acid groups (broad SMARTS) is 1. The number of amides is 2. The minimum absolute atomic E-state index is 0.0359. The average molecular weight is 403 g/mol. The molecule has 0 aromatic heterocycles. The van der Waals surface area contributed by atoms with Crippen LogP contribution in [0.4, 0.5) is 0 Å². The number of carboxylic acids is 1. The van der Waals surface area contributed by atoms with Gasteiger partial charge in [-0.1, -0.05) is 0 Å². The highest BCUT2D eigenvalue weighted by Gasteiger charge is 2.45. The largest absolute Gasteiger partial charge is 0.480 e. The highest BCUT2D eigenvalue weighted by Crippen LogP contribution is 2.50. The Bertz CT molecular complexity index is 613. The molecule has 0 bridgehead atoms. The number of unbranched alkanes of at least 4 members (excludes halogenated alkanes) is 1. The Morgan fingerprint density at radius 1 is 1.33 bits per heavy atom. The van der Waals surface area contributed by atoms with E-state index in [9.17, 15) is 24.1 Å². The van der Waals surface area contributed by atoms with Gasteiger partial charge in [-0.05, 0) is 45.6 Å². The summed E-state index contributed by atoms with van der Waals surface area (Å²) in [5.41, 5.74) is 5.50. The van der Waals surface area contributed by atoms with E-state index in [4.69, 9.17) is 10.3 Å². The molecular weight excluding hydrogens is 373 g/mol. The highest BCUT2D eigenvalue weighted by molar-refractivity contribution is 7.59. The van der Waals surface area contributed by atoms with Crippen LogP contribution in [0.15, 0.2) is 0 Å². The number of hydrogen-bond acceptors (Lipinski definition) is 6. The van der Waals surface area contributed by atoms with Gasteiger partial charge >= 0.3 is 5.97 Å². The summed E-state index contributed by atoms with van der Waals surface area (Å²) in [5, 5.41) is 11.9. The number of nitrogens with zero attached hydrogens (tertiary/aromatic N) is 2. The van der Waals surface area contributed by atoms with Crippen molar-refractivity contribution in [2.24, 2.45) is 11.7 Å². The van der Waals surface area contributed by atoms with Crippen LogP contribution in [0.3, 0.4) is 0 Å². The van der Waals surface area contributed by atoms with Crippen molar-refractivity contribution >= 4 is 25.2 Å². The molecule has 2 heterocycles. The van der Waals surface area contributed by atoms with Gasteiger partial charge in [0.05, 0.1) is 6.61 Å². The lowest BCUT2D eigenvalue weighted by atomic mass is 10.0. The van der Waals surface area contributed by atoms with E-state index < -0.39 is 31.2 Å². The second kappa shape index (κ2) is 9.66. The number of hydrogen-bond donors (Lipinski definition) is 2. The van der Waals surface area contributed by atoms with Crippen molar-refractivity contribution in [3.63, 3.8) is 0 Å². The number of rotatable bonds is 9. The maximum atomic E-state index is 13.2. The van der Waals surface area contributed by atoms with Crippen molar-refractivity contribution in [3.05, 3.63) is 0 Å². The molecule has 0 aliphatic carbocycles. The van der Waals surface area contributed by atoms with Crippen LogP contribution in [0.25, 0.3) is 0 Å². The second-order valence-corrected chi connectivity index (χ2v) is 9.77. The summed E-state index contributed by atoms with van der Waals surface area (Å²) in [6, 6.07) is -1.06. The molecule has 2 saturated heterocycles. The monoisotopic (exact) mass is 403 g/mol. The minimum atomic E-state index is -3.06. The number of nitrogens with two attached hydrogens (primary N) is 1. The van der Waals surface area contributed by atoms with Gasteiger partial charge in [0.15, 0.2) is 6.04 Å². The van der Waals surface area contributed by atoms with Crippen molar-refractivity contribution in [2.45, 2.75) is 51.5 Å². The van der Waals surface area contributed by atoms with E-state index in [1.54, 1.807) is 6.92 Å². The van der Waals surface area contributed by atoms with Crippen LogP contribution < -0.4 is 5.73 Å². The quantitative estimate of drug-likeness (QED) is 0.438. The Morgan fingerprint density at radius 3 is 2.70 bits per heavy atom. The molecular formula is C17H30N3O6P. The lowest BCUT2D eigenvalue weighted by Gasteiger charge is -2.42. The number of fused-ring (bicyclic) bond motifs is 1. The predicted molar refractivity (Wildman–Crippen MR) is 99.2 cm³/mol. The summed E-state index contributed by atoms with van der Waals surface area (Å²) in [4.78, 5) is 37.2. The Labute approximate surface area is 159 Å². The van der Waals surface area contributed by atoms with Crippen LogP contribution in [0.2, 0.25) is 0 Å². The summed E-state index contributed by atoms with van der Waals surface area (Å²) in [6.07, 6.45) is 2.95. The molecule has 0 saturated carbocycles. The minimum Gasteiger partial charge on any atom is -0.480 e. The first-order valence-corrected chi connectivity index (χ1v) is 11.6. The van der Waals surface area contributed by atoms with E-state index in [-0.39, 0.29) is 31.5 Å². The van der Waals surface area contributed by atoms with Crippen LogP contribution in [0.1, 0.15) is 45.4 Å². The number of aliphatic carboxylic acids is 1. The van der Waals surface area contributed by atoms with Gasteiger partial charge in [0, 0.05) is 31.2 Å². The SMILES string of the molecule is CCOP(=O)(CCCCN)C[C@H]1CCC(=O)N2CCC[C@@H](C(=O)O)N2C1=O. The average Bonchev–Trinajstić information content (AvgIpc) is 2.74. The van der Waals surface area contributed by atoms with Crippen molar-refractivity contribution in [2.75, 3.05) is 32.0 Å². The lowest BCUT2D eigenvalue weighted by molar-refractivity contribution is -0.181. The van der Waals surface area contributed by atoms with Gasteiger partial charge in [0.2, 0.25) is 19.2 Å². The Balaban J connectivity index is 2.22. The summed E-state index contributed by atoms with van der Waals surface area (Å²) >= 11 is 0. The van der Waals surface area contributed by atoms with Crippen molar-refractivity contribution in [1.29, 1.82) is 0 Å². The normalized spacial score (nSPS) is 25.7. The molecule has 0 spiro atoms. The summed E-state index contributed by atoms with van der Waals surface area (Å²) < 4.78 is 18.8. The third-order valence-corrected chi connectivity index (χ3v) is 7.80. The number of hydrazine groups is 1. The first kappa shape index (κ1) is 21.9. The highest BCUT2D eigenvalue weighted by atomic mass is 31.2. The standard InChI is InChI=1S/C17H30N3O6P/c1-2-26-27(25,11-4-3-9-18)12-13-7-8-15(21)19-10-5-6-14(17(23)24)20(19)16(13)22/h13-14H,2-12,18H2,1H3,(H,23,24)/t13-,14+,27?/m1/s1. The van der Waals surface area contributed by atoms with Crippen LogP contribution in [-0.2, 0) is 23.5 Å². The molecule has 9 nitrogen and oxygen atoms in total. The van der Waals surface area contributed by atoms with Gasteiger partial charge in [-0.2, -0.15) is 0 Å².